The number of aromatic nitrogens is 3. The Labute approximate surface area is 160 Å². The van der Waals surface area contributed by atoms with Gasteiger partial charge in [-0.1, -0.05) is 6.07 Å². The molecule has 1 aliphatic rings. The fraction of sp³-hybridized carbons (Fsp3) is 0.263. The number of nitrogens with one attached hydrogen (secondary N) is 1. The number of amides is 2. The average Bonchev–Trinajstić information content (AvgIpc) is 3.42. The Morgan fingerprint density at radius 2 is 1.85 bits per heavy atom. The molecule has 3 aromatic rings. The third-order valence-electron chi connectivity index (χ3n) is 4.58. The molecule has 1 saturated heterocycles. The predicted octanol–water partition coefficient (Wildman–Crippen LogP) is 2.96. The normalized spacial score (nSPS) is 16.9. The topological polar surface area (TPSA) is 80.1 Å². The highest BCUT2D eigenvalue weighted by Gasteiger charge is 2.33. The summed E-state index contributed by atoms with van der Waals surface area (Å²) in [7, 11) is 0. The molecule has 1 atom stereocenters. The van der Waals surface area contributed by atoms with E-state index < -0.39 is 6.04 Å². The Morgan fingerprint density at radius 3 is 2.56 bits per heavy atom. The van der Waals surface area contributed by atoms with Gasteiger partial charge in [-0.25, -0.2) is 0 Å². The van der Waals surface area contributed by atoms with E-state index in [2.05, 4.69) is 15.5 Å². The number of piperidine rings is 1. The van der Waals surface area contributed by atoms with Gasteiger partial charge in [0.05, 0.1) is 23.0 Å². The molecular weight excluding hydrogens is 362 g/mol. The third-order valence-corrected chi connectivity index (χ3v) is 5.44. The molecule has 8 heteroatoms. The van der Waals surface area contributed by atoms with E-state index >= 15 is 0 Å². The molecule has 0 bridgehead atoms. The van der Waals surface area contributed by atoms with Crippen LogP contribution in [0.1, 0.15) is 28.9 Å². The monoisotopic (exact) mass is 381 g/mol. The highest BCUT2D eigenvalue weighted by atomic mass is 32.1. The summed E-state index contributed by atoms with van der Waals surface area (Å²) in [5, 5.41) is 13.0. The third kappa shape index (κ3) is 3.75. The zero-order valence-electron chi connectivity index (χ0n) is 14.6. The summed E-state index contributed by atoms with van der Waals surface area (Å²) in [4.78, 5) is 29.5. The lowest BCUT2D eigenvalue weighted by atomic mass is 10.0. The molecule has 1 aromatic carbocycles. The van der Waals surface area contributed by atoms with Gasteiger partial charge in [-0.15, -0.1) is 11.3 Å². The quantitative estimate of drug-likeness (QED) is 0.753. The largest absolute Gasteiger partial charge is 0.326 e. The van der Waals surface area contributed by atoms with Crippen molar-refractivity contribution in [1.29, 1.82) is 0 Å². The van der Waals surface area contributed by atoms with Crippen molar-refractivity contribution in [2.45, 2.75) is 25.3 Å². The van der Waals surface area contributed by atoms with Crippen molar-refractivity contribution in [2.24, 2.45) is 0 Å². The van der Waals surface area contributed by atoms with Gasteiger partial charge >= 0.3 is 0 Å². The van der Waals surface area contributed by atoms with Crippen molar-refractivity contribution in [3.05, 3.63) is 59.0 Å². The minimum Gasteiger partial charge on any atom is -0.326 e. The van der Waals surface area contributed by atoms with E-state index in [0.29, 0.717) is 23.5 Å². The Hall–Kier alpha value is -3.00. The smallest absolute Gasteiger partial charge is 0.264 e. The fourth-order valence-corrected chi connectivity index (χ4v) is 3.92. The molecule has 1 N–H and O–H groups in total. The Bertz CT molecular complexity index is 906. The minimum absolute atomic E-state index is 0.0649. The summed E-state index contributed by atoms with van der Waals surface area (Å²) < 4.78 is 0. The summed E-state index contributed by atoms with van der Waals surface area (Å²) in [6.07, 6.45) is 5.76. The number of nitrogens with zero attached hydrogens (tertiary/aromatic N) is 4. The highest BCUT2D eigenvalue weighted by Crippen LogP contribution is 2.23. The molecule has 1 unspecified atom stereocenters. The first kappa shape index (κ1) is 17.4. The molecule has 1 fully saturated rings. The highest BCUT2D eigenvalue weighted by molar-refractivity contribution is 7.12. The lowest BCUT2D eigenvalue weighted by molar-refractivity contribution is -0.121. The van der Waals surface area contributed by atoms with Crippen molar-refractivity contribution in [1.82, 2.24) is 19.9 Å². The standard InChI is InChI=1S/C19H19N5O2S/c25-18(22-14-6-8-15(9-7-14)24-20-10-11-21-24)16-4-1-2-12-23(16)19(26)17-5-3-13-27-17/h3,5-11,13,16H,1-2,4,12H2,(H,22,25). The maximum absolute atomic E-state index is 12.8. The Morgan fingerprint density at radius 1 is 1.07 bits per heavy atom. The van der Waals surface area contributed by atoms with E-state index in [9.17, 15) is 9.59 Å². The summed E-state index contributed by atoms with van der Waals surface area (Å²) in [5.74, 6) is -0.213. The summed E-state index contributed by atoms with van der Waals surface area (Å²) >= 11 is 1.41. The number of thiophene rings is 1. The lowest BCUT2D eigenvalue weighted by Crippen LogP contribution is -2.49. The van der Waals surface area contributed by atoms with Crippen molar-refractivity contribution in [2.75, 3.05) is 11.9 Å². The predicted molar refractivity (Wildman–Crippen MR) is 103 cm³/mol. The fourth-order valence-electron chi connectivity index (χ4n) is 3.24. The molecule has 2 aromatic heterocycles. The van der Waals surface area contributed by atoms with E-state index in [1.165, 1.54) is 16.1 Å². The molecule has 7 nitrogen and oxygen atoms in total. The van der Waals surface area contributed by atoms with Gasteiger partial charge in [-0.2, -0.15) is 15.0 Å². The number of carbonyl (C=O) groups is 2. The first-order valence-corrected chi connectivity index (χ1v) is 9.72. The van der Waals surface area contributed by atoms with Gasteiger partial charge < -0.3 is 10.2 Å². The SMILES string of the molecule is O=C(Nc1ccc(-n2nccn2)cc1)C1CCCCN1C(=O)c1cccs1. The number of hydrogen-bond acceptors (Lipinski definition) is 5. The van der Waals surface area contributed by atoms with Gasteiger partial charge in [-0.05, 0) is 55.0 Å². The molecule has 0 radical (unpaired) electrons. The first-order chi connectivity index (χ1) is 13.2. The summed E-state index contributed by atoms with van der Waals surface area (Å²) in [5.41, 5.74) is 1.50. The molecule has 0 spiro atoms. The van der Waals surface area contributed by atoms with E-state index in [4.69, 9.17) is 0 Å². The van der Waals surface area contributed by atoms with Crippen molar-refractivity contribution in [3.8, 4) is 5.69 Å². The van der Waals surface area contributed by atoms with E-state index in [-0.39, 0.29) is 11.8 Å². The maximum atomic E-state index is 12.8. The van der Waals surface area contributed by atoms with Crippen LogP contribution in [0.15, 0.2) is 54.2 Å². The first-order valence-electron chi connectivity index (χ1n) is 8.84. The molecule has 2 amide bonds. The van der Waals surface area contributed by atoms with Crippen molar-refractivity contribution >= 4 is 28.8 Å². The number of anilines is 1. The van der Waals surface area contributed by atoms with Crippen molar-refractivity contribution < 1.29 is 9.59 Å². The van der Waals surface area contributed by atoms with Crippen LogP contribution >= 0.6 is 11.3 Å². The van der Waals surface area contributed by atoms with Crippen LogP contribution in [0.2, 0.25) is 0 Å². The van der Waals surface area contributed by atoms with Crippen LogP contribution in [0.25, 0.3) is 5.69 Å². The number of rotatable bonds is 4. The van der Waals surface area contributed by atoms with Gasteiger partial charge in [0, 0.05) is 12.2 Å². The summed E-state index contributed by atoms with van der Waals surface area (Å²) in [6.45, 7) is 0.610. The molecule has 3 heterocycles. The second-order valence-electron chi connectivity index (χ2n) is 6.34. The van der Waals surface area contributed by atoms with Crippen molar-refractivity contribution in [3.63, 3.8) is 0 Å². The van der Waals surface area contributed by atoms with E-state index in [1.54, 1.807) is 23.4 Å². The number of likely N-dealkylation sites (tertiary alicyclic amines) is 1. The zero-order valence-corrected chi connectivity index (χ0v) is 15.4. The van der Waals surface area contributed by atoms with Crippen LogP contribution in [0, 0.1) is 0 Å². The summed E-state index contributed by atoms with van der Waals surface area (Å²) in [6, 6.07) is 10.5. The van der Waals surface area contributed by atoms with Gasteiger partial charge in [0.15, 0.2) is 0 Å². The van der Waals surface area contributed by atoms with Crippen LogP contribution in [0.4, 0.5) is 5.69 Å². The minimum atomic E-state index is -0.444. The van der Waals surface area contributed by atoms with Crippen LogP contribution in [0.3, 0.4) is 0 Å². The Kier molecular flexibility index (Phi) is 4.97. The van der Waals surface area contributed by atoms with Gasteiger partial charge in [0.2, 0.25) is 5.91 Å². The number of benzene rings is 1. The van der Waals surface area contributed by atoms with Gasteiger partial charge in [-0.3, -0.25) is 9.59 Å². The lowest BCUT2D eigenvalue weighted by Gasteiger charge is -2.34. The molecule has 27 heavy (non-hydrogen) atoms. The van der Waals surface area contributed by atoms with E-state index in [0.717, 1.165) is 18.5 Å². The second-order valence-corrected chi connectivity index (χ2v) is 7.29. The zero-order chi connectivity index (χ0) is 18.6. The van der Waals surface area contributed by atoms with E-state index in [1.807, 2.05) is 35.7 Å². The average molecular weight is 381 g/mol. The van der Waals surface area contributed by atoms with Crippen LogP contribution in [0.5, 0.6) is 0 Å². The molecular formula is C19H19N5O2S. The molecule has 138 valence electrons. The Balaban J connectivity index is 1.46. The maximum Gasteiger partial charge on any atom is 0.264 e. The number of carbonyl (C=O) groups excluding carboxylic acids is 2. The van der Waals surface area contributed by atoms with Gasteiger partial charge in [0.25, 0.3) is 5.91 Å². The van der Waals surface area contributed by atoms with Crippen LogP contribution in [-0.4, -0.2) is 44.3 Å². The molecule has 1 aliphatic heterocycles. The molecule has 0 aliphatic carbocycles. The molecule has 0 saturated carbocycles. The van der Waals surface area contributed by atoms with Gasteiger partial charge in [0.1, 0.15) is 6.04 Å². The van der Waals surface area contributed by atoms with Crippen LogP contribution in [-0.2, 0) is 4.79 Å². The van der Waals surface area contributed by atoms with Crippen LogP contribution < -0.4 is 5.32 Å². The second kappa shape index (κ2) is 7.71. The molecule has 4 rings (SSSR count). The number of hydrogen-bond donors (Lipinski definition) is 1.